The average Bonchev–Trinajstić information content (AvgIpc) is 2.22. The molecule has 0 bridgehead atoms. The van der Waals surface area contributed by atoms with Crippen molar-refractivity contribution >= 4 is 11.8 Å². The molecule has 16 heavy (non-hydrogen) atoms. The monoisotopic (exact) mass is 226 g/mol. The fraction of sp³-hybridized carbons (Fsp3) is 0.833. The van der Waals surface area contributed by atoms with E-state index in [4.69, 9.17) is 5.11 Å². The van der Waals surface area contributed by atoms with E-state index in [-0.39, 0.29) is 30.1 Å². The van der Waals surface area contributed by atoms with Crippen molar-refractivity contribution in [2.24, 2.45) is 17.8 Å². The summed E-state index contributed by atoms with van der Waals surface area (Å²) in [5, 5.41) is 18.3. The summed E-state index contributed by atoms with van der Waals surface area (Å²) in [5.41, 5.74) is 0. The SMILES string of the molecule is O=C(O)CC1CCC2CC(O)CCC2C1=O. The molecule has 4 atom stereocenters. The lowest BCUT2D eigenvalue weighted by Crippen LogP contribution is -2.40. The molecule has 2 saturated carbocycles. The van der Waals surface area contributed by atoms with E-state index >= 15 is 0 Å². The maximum absolute atomic E-state index is 12.1. The number of aliphatic hydroxyl groups is 1. The minimum atomic E-state index is -0.882. The average molecular weight is 226 g/mol. The van der Waals surface area contributed by atoms with Crippen molar-refractivity contribution in [1.82, 2.24) is 0 Å². The molecule has 0 amide bonds. The van der Waals surface area contributed by atoms with E-state index < -0.39 is 5.97 Å². The minimum Gasteiger partial charge on any atom is -0.481 e. The minimum absolute atomic E-state index is 0.0153. The fourth-order valence-corrected chi connectivity index (χ4v) is 3.21. The lowest BCUT2D eigenvalue weighted by Gasteiger charge is -2.39. The van der Waals surface area contributed by atoms with Crippen LogP contribution in [-0.4, -0.2) is 28.1 Å². The summed E-state index contributed by atoms with van der Waals surface area (Å²) in [6.07, 6.45) is 3.43. The number of ketones is 1. The number of carboxylic acid groups (broad SMARTS) is 1. The van der Waals surface area contributed by atoms with Crippen molar-refractivity contribution < 1.29 is 19.8 Å². The zero-order valence-corrected chi connectivity index (χ0v) is 9.26. The summed E-state index contributed by atoms with van der Waals surface area (Å²) in [7, 11) is 0. The Morgan fingerprint density at radius 1 is 1.25 bits per heavy atom. The third-order valence-electron chi connectivity index (χ3n) is 4.03. The maximum Gasteiger partial charge on any atom is 0.304 e. The number of Topliss-reactive ketones (excluding diaryl/α,β-unsaturated/α-hetero) is 1. The molecule has 2 aliphatic carbocycles. The number of carboxylic acids is 1. The highest BCUT2D eigenvalue weighted by Crippen LogP contribution is 2.41. The maximum atomic E-state index is 12.1. The van der Waals surface area contributed by atoms with Gasteiger partial charge in [0, 0.05) is 11.8 Å². The van der Waals surface area contributed by atoms with E-state index in [9.17, 15) is 14.7 Å². The molecule has 0 saturated heterocycles. The van der Waals surface area contributed by atoms with E-state index in [0.29, 0.717) is 18.8 Å². The van der Waals surface area contributed by atoms with Gasteiger partial charge in [-0.2, -0.15) is 0 Å². The molecule has 4 nitrogen and oxygen atoms in total. The molecule has 2 N–H and O–H groups in total. The van der Waals surface area contributed by atoms with Gasteiger partial charge in [0.15, 0.2) is 0 Å². The van der Waals surface area contributed by atoms with Crippen LogP contribution in [0.25, 0.3) is 0 Å². The number of carbonyl (C=O) groups is 2. The van der Waals surface area contributed by atoms with Gasteiger partial charge in [-0.3, -0.25) is 9.59 Å². The molecule has 0 aromatic carbocycles. The second-order valence-electron chi connectivity index (χ2n) is 5.11. The van der Waals surface area contributed by atoms with Crippen LogP contribution in [0.4, 0.5) is 0 Å². The Morgan fingerprint density at radius 3 is 2.69 bits per heavy atom. The third-order valence-corrected chi connectivity index (χ3v) is 4.03. The molecule has 0 aromatic rings. The zero-order chi connectivity index (χ0) is 11.7. The highest BCUT2D eigenvalue weighted by Gasteiger charge is 2.41. The van der Waals surface area contributed by atoms with Crippen LogP contribution in [0.15, 0.2) is 0 Å². The Kier molecular flexibility index (Phi) is 3.28. The van der Waals surface area contributed by atoms with Gasteiger partial charge in [0.05, 0.1) is 12.5 Å². The lowest BCUT2D eigenvalue weighted by atomic mass is 9.65. The van der Waals surface area contributed by atoms with Gasteiger partial charge in [-0.15, -0.1) is 0 Å². The van der Waals surface area contributed by atoms with Crippen LogP contribution in [0.1, 0.15) is 38.5 Å². The molecule has 0 aliphatic heterocycles. The van der Waals surface area contributed by atoms with E-state index in [1.54, 1.807) is 0 Å². The van der Waals surface area contributed by atoms with Crippen LogP contribution in [0.2, 0.25) is 0 Å². The van der Waals surface area contributed by atoms with E-state index in [2.05, 4.69) is 0 Å². The molecule has 0 radical (unpaired) electrons. The Balaban J connectivity index is 2.01. The summed E-state index contributed by atoms with van der Waals surface area (Å²) in [4.78, 5) is 22.7. The zero-order valence-electron chi connectivity index (χ0n) is 9.26. The van der Waals surface area contributed by atoms with Crippen molar-refractivity contribution in [3.05, 3.63) is 0 Å². The number of rotatable bonds is 2. The van der Waals surface area contributed by atoms with E-state index in [0.717, 1.165) is 19.3 Å². The third kappa shape index (κ3) is 2.26. The van der Waals surface area contributed by atoms with Gasteiger partial charge < -0.3 is 10.2 Å². The first-order chi connectivity index (χ1) is 7.58. The molecular weight excluding hydrogens is 208 g/mol. The summed E-state index contributed by atoms with van der Waals surface area (Å²) in [6.45, 7) is 0. The smallest absolute Gasteiger partial charge is 0.304 e. The molecule has 90 valence electrons. The Morgan fingerprint density at radius 2 is 2.00 bits per heavy atom. The van der Waals surface area contributed by atoms with Gasteiger partial charge >= 0.3 is 5.97 Å². The van der Waals surface area contributed by atoms with Crippen LogP contribution < -0.4 is 0 Å². The summed E-state index contributed by atoms with van der Waals surface area (Å²) in [5.74, 6) is -0.727. The molecule has 2 fully saturated rings. The van der Waals surface area contributed by atoms with Crippen molar-refractivity contribution in [2.45, 2.75) is 44.6 Å². The van der Waals surface area contributed by atoms with Crippen LogP contribution in [0.5, 0.6) is 0 Å². The molecule has 0 heterocycles. The van der Waals surface area contributed by atoms with E-state index in [1.807, 2.05) is 0 Å². The lowest BCUT2D eigenvalue weighted by molar-refractivity contribution is -0.144. The van der Waals surface area contributed by atoms with Crippen molar-refractivity contribution in [3.63, 3.8) is 0 Å². The van der Waals surface area contributed by atoms with Crippen LogP contribution in [-0.2, 0) is 9.59 Å². The number of carbonyl (C=O) groups excluding carboxylic acids is 1. The van der Waals surface area contributed by atoms with Crippen molar-refractivity contribution in [1.29, 1.82) is 0 Å². The van der Waals surface area contributed by atoms with Crippen molar-refractivity contribution in [2.75, 3.05) is 0 Å². The molecule has 0 aromatic heterocycles. The fourth-order valence-electron chi connectivity index (χ4n) is 3.21. The van der Waals surface area contributed by atoms with E-state index in [1.165, 1.54) is 0 Å². The molecule has 4 heteroatoms. The second kappa shape index (κ2) is 4.53. The summed E-state index contributed by atoms with van der Waals surface area (Å²) in [6, 6.07) is 0. The molecule has 0 spiro atoms. The van der Waals surface area contributed by atoms with Crippen LogP contribution >= 0.6 is 0 Å². The topological polar surface area (TPSA) is 74.6 Å². The van der Waals surface area contributed by atoms with Gasteiger partial charge in [0.1, 0.15) is 5.78 Å². The van der Waals surface area contributed by atoms with Gasteiger partial charge in [-0.1, -0.05) is 0 Å². The Labute approximate surface area is 94.7 Å². The molecule has 2 aliphatic rings. The number of hydrogen-bond acceptors (Lipinski definition) is 3. The molecular formula is C12H18O4. The molecule has 4 unspecified atom stereocenters. The highest BCUT2D eigenvalue weighted by molar-refractivity contribution is 5.87. The summed E-state index contributed by atoms with van der Waals surface area (Å²) < 4.78 is 0. The predicted octanol–water partition coefficient (Wildman–Crippen LogP) is 1.22. The predicted molar refractivity (Wildman–Crippen MR) is 56.8 cm³/mol. The first-order valence-corrected chi connectivity index (χ1v) is 6.01. The van der Waals surface area contributed by atoms with Crippen molar-refractivity contribution in [3.8, 4) is 0 Å². The Bertz CT molecular complexity index is 299. The highest BCUT2D eigenvalue weighted by atomic mass is 16.4. The van der Waals surface area contributed by atoms with Gasteiger partial charge in [-0.05, 0) is 38.0 Å². The first-order valence-electron chi connectivity index (χ1n) is 6.01. The van der Waals surface area contributed by atoms with Crippen LogP contribution in [0, 0.1) is 17.8 Å². The number of hydrogen-bond donors (Lipinski definition) is 2. The number of aliphatic carboxylic acids is 1. The van der Waals surface area contributed by atoms with Crippen LogP contribution in [0.3, 0.4) is 0 Å². The Hall–Kier alpha value is -0.900. The standard InChI is InChI=1S/C12H18O4/c13-9-3-4-10-7(5-9)1-2-8(12(10)16)6-11(14)15/h7-10,13H,1-6H2,(H,14,15). The number of fused-ring (bicyclic) bond motifs is 1. The molecule has 2 rings (SSSR count). The second-order valence-corrected chi connectivity index (χ2v) is 5.11. The quantitative estimate of drug-likeness (QED) is 0.742. The van der Waals surface area contributed by atoms with Gasteiger partial charge in [0.25, 0.3) is 0 Å². The largest absolute Gasteiger partial charge is 0.481 e. The first kappa shape index (κ1) is 11.6. The summed E-state index contributed by atoms with van der Waals surface area (Å²) >= 11 is 0. The van der Waals surface area contributed by atoms with Gasteiger partial charge in [-0.25, -0.2) is 0 Å². The normalized spacial score (nSPS) is 39.2. The van der Waals surface area contributed by atoms with Gasteiger partial charge in [0.2, 0.25) is 0 Å². The number of aliphatic hydroxyl groups excluding tert-OH is 1.